The van der Waals surface area contributed by atoms with Gasteiger partial charge >= 0.3 is 13.7 Å². The molecule has 2 heterocycles. The number of imidazole rings is 1. The van der Waals surface area contributed by atoms with Crippen molar-refractivity contribution in [3.05, 3.63) is 47.8 Å². The maximum atomic E-state index is 13.8. The van der Waals surface area contributed by atoms with Crippen LogP contribution in [0.5, 0.6) is 11.6 Å². The van der Waals surface area contributed by atoms with Crippen LogP contribution in [0.4, 0.5) is 5.95 Å². The highest BCUT2D eigenvalue weighted by Crippen LogP contribution is 2.53. The van der Waals surface area contributed by atoms with E-state index in [1.54, 1.807) is 18.5 Å². The molecule has 0 aliphatic heterocycles. The van der Waals surface area contributed by atoms with Crippen LogP contribution in [0.1, 0.15) is 19.4 Å². The molecule has 14 heteroatoms. The first-order chi connectivity index (χ1) is 17.1. The van der Waals surface area contributed by atoms with Gasteiger partial charge in [0.2, 0.25) is 11.8 Å². The molecule has 1 aromatic carbocycles. The van der Waals surface area contributed by atoms with E-state index in [1.165, 1.54) is 33.2 Å². The topological polar surface area (TPSA) is 155 Å². The summed E-state index contributed by atoms with van der Waals surface area (Å²) in [6, 6.07) is 4.99. The molecule has 0 radical (unpaired) electrons. The molecule has 3 N–H and O–H groups in total. The summed E-state index contributed by atoms with van der Waals surface area (Å²) < 4.78 is 33.5. The van der Waals surface area contributed by atoms with Gasteiger partial charge in [0.1, 0.15) is 11.8 Å². The van der Waals surface area contributed by atoms with Crippen molar-refractivity contribution in [2.24, 2.45) is 5.92 Å². The van der Waals surface area contributed by atoms with Crippen molar-refractivity contribution in [2.75, 3.05) is 26.5 Å². The fourth-order valence-corrected chi connectivity index (χ4v) is 5.53. The zero-order valence-electron chi connectivity index (χ0n) is 19.8. The number of ether oxygens (including phenoxy) is 1. The second-order valence-electron chi connectivity index (χ2n) is 8.26. The number of rotatable bonds is 10. The lowest BCUT2D eigenvalue weighted by atomic mass is 10.1. The smallest absolute Gasteiger partial charge is 0.461 e. The number of aliphatic carboxylic acids is 1. The molecule has 1 aliphatic rings. The number of allylic oxidation sites excluding steroid dienone is 1. The Labute approximate surface area is 212 Å². The summed E-state index contributed by atoms with van der Waals surface area (Å²) in [7, 11) is -1.17. The maximum absolute atomic E-state index is 13.8. The van der Waals surface area contributed by atoms with Crippen molar-refractivity contribution in [1.82, 2.24) is 24.2 Å². The van der Waals surface area contributed by atoms with Gasteiger partial charge in [-0.2, -0.15) is 14.6 Å². The third kappa shape index (κ3) is 5.31. The van der Waals surface area contributed by atoms with Gasteiger partial charge in [-0.3, -0.25) is 9.32 Å². The minimum absolute atomic E-state index is 0.0294. The molecule has 0 fully saturated rings. The molecule has 0 saturated heterocycles. The van der Waals surface area contributed by atoms with Crippen LogP contribution in [-0.2, 0) is 13.9 Å². The Morgan fingerprint density at radius 3 is 2.72 bits per heavy atom. The first kappa shape index (κ1) is 25.9. The van der Waals surface area contributed by atoms with Crippen molar-refractivity contribution in [3.63, 3.8) is 0 Å². The van der Waals surface area contributed by atoms with Gasteiger partial charge in [-0.25, -0.2) is 9.55 Å². The highest BCUT2D eigenvalue weighted by Gasteiger charge is 2.39. The number of nitrogens with two attached hydrogens (primary N) is 1. The van der Waals surface area contributed by atoms with Gasteiger partial charge in [0.25, 0.3) is 0 Å². The van der Waals surface area contributed by atoms with E-state index in [9.17, 15) is 14.5 Å². The van der Waals surface area contributed by atoms with Crippen molar-refractivity contribution < 1.29 is 28.3 Å². The average molecular weight is 537 g/mol. The van der Waals surface area contributed by atoms with Crippen molar-refractivity contribution >= 4 is 42.4 Å². The quantitative estimate of drug-likeness (QED) is 0.287. The molecule has 1 unspecified atom stereocenters. The van der Waals surface area contributed by atoms with E-state index in [4.69, 9.17) is 31.1 Å². The lowest BCUT2D eigenvalue weighted by Gasteiger charge is -2.30. The second-order valence-corrected chi connectivity index (χ2v) is 10.7. The van der Waals surface area contributed by atoms with Gasteiger partial charge in [0.05, 0.1) is 26.1 Å². The van der Waals surface area contributed by atoms with Crippen molar-refractivity contribution in [1.29, 1.82) is 0 Å². The number of hydrogen-bond acceptors (Lipinski definition) is 9. The van der Waals surface area contributed by atoms with Crippen LogP contribution in [0.2, 0.25) is 5.02 Å². The van der Waals surface area contributed by atoms with Gasteiger partial charge in [-0.1, -0.05) is 23.8 Å². The zero-order valence-corrected chi connectivity index (χ0v) is 21.5. The minimum atomic E-state index is -4.04. The lowest BCUT2D eigenvalue weighted by molar-refractivity contribution is -0.140. The summed E-state index contributed by atoms with van der Waals surface area (Å²) in [5.74, 6) is -0.703. The fraction of sp³-hybridized carbons (Fsp3) is 0.364. The number of halogens is 1. The molecular weight excluding hydrogens is 511 g/mol. The summed E-state index contributed by atoms with van der Waals surface area (Å²) in [4.78, 5) is 24.3. The highest BCUT2D eigenvalue weighted by molar-refractivity contribution is 7.51. The summed E-state index contributed by atoms with van der Waals surface area (Å²) >= 11 is 5.92. The summed E-state index contributed by atoms with van der Waals surface area (Å²) in [5.41, 5.74) is 6.84. The van der Waals surface area contributed by atoms with Crippen LogP contribution in [-0.4, -0.2) is 62.1 Å². The normalized spacial score (nSPS) is 19.9. The average Bonchev–Trinajstić information content (AvgIpc) is 3.49. The monoisotopic (exact) mass is 536 g/mol. The molecule has 4 rings (SSSR count). The van der Waals surface area contributed by atoms with Crippen LogP contribution >= 0.6 is 19.3 Å². The first-order valence-corrected chi connectivity index (χ1v) is 12.9. The number of carboxylic acids is 1. The number of nitrogens with zero attached hydrogens (tertiary/aromatic N) is 5. The standard InChI is InChI=1S/C22H26ClN6O6P/c1-13(21(30)31)28(2)36(32,35-17-8-5-15(23)6-9-17)34-11-14-4-7-16(10-14)29-12-25-18-19(29)26-22(24)27-20(18)33-3/h4-9,12-14,16H,10-11H2,1-3H3,(H,30,31)(H2,24,26,27)/t13-,14+,16-,36?/m0/s1. The van der Waals surface area contributed by atoms with Gasteiger partial charge in [0.15, 0.2) is 11.2 Å². The summed E-state index contributed by atoms with van der Waals surface area (Å²) in [5, 5.41) is 9.92. The Bertz CT molecular complexity index is 1330. The van der Waals surface area contributed by atoms with Crippen LogP contribution in [0.25, 0.3) is 11.2 Å². The van der Waals surface area contributed by atoms with Crippen molar-refractivity contribution in [3.8, 4) is 11.6 Å². The number of carboxylic acid groups (broad SMARTS) is 1. The maximum Gasteiger partial charge on any atom is 0.461 e. The van der Waals surface area contributed by atoms with Gasteiger partial charge in [0, 0.05) is 10.9 Å². The zero-order chi connectivity index (χ0) is 26.0. The first-order valence-electron chi connectivity index (χ1n) is 11.0. The van der Waals surface area contributed by atoms with E-state index in [1.807, 2.05) is 16.7 Å². The van der Waals surface area contributed by atoms with Crippen LogP contribution in [0.3, 0.4) is 0 Å². The fourth-order valence-electron chi connectivity index (χ4n) is 3.75. The number of nitrogen functional groups attached to an aromatic ring is 1. The molecule has 0 spiro atoms. The van der Waals surface area contributed by atoms with E-state index in [0.717, 1.165) is 4.67 Å². The van der Waals surface area contributed by atoms with E-state index in [0.29, 0.717) is 22.6 Å². The third-order valence-electron chi connectivity index (χ3n) is 5.90. The number of fused-ring (bicyclic) bond motifs is 1. The van der Waals surface area contributed by atoms with Crippen LogP contribution < -0.4 is 15.0 Å². The molecule has 12 nitrogen and oxygen atoms in total. The Morgan fingerprint density at radius 1 is 1.33 bits per heavy atom. The van der Waals surface area contributed by atoms with Gasteiger partial charge in [-0.15, -0.1) is 0 Å². The number of anilines is 1. The second kappa shape index (κ2) is 10.4. The molecular formula is C22H26ClN6O6P. The Kier molecular flexibility index (Phi) is 7.51. The molecule has 192 valence electrons. The van der Waals surface area contributed by atoms with E-state index < -0.39 is 19.8 Å². The van der Waals surface area contributed by atoms with E-state index >= 15 is 0 Å². The summed E-state index contributed by atoms with van der Waals surface area (Å²) in [6.45, 7) is 1.43. The third-order valence-corrected chi connectivity index (χ3v) is 8.19. The molecule has 0 amide bonds. The predicted octanol–water partition coefficient (Wildman–Crippen LogP) is 3.80. The molecule has 3 aromatic rings. The Morgan fingerprint density at radius 2 is 2.06 bits per heavy atom. The Hall–Kier alpha value is -3.18. The molecule has 36 heavy (non-hydrogen) atoms. The van der Waals surface area contributed by atoms with Crippen LogP contribution in [0, 0.1) is 5.92 Å². The Balaban J connectivity index is 1.50. The number of aromatic nitrogens is 4. The predicted molar refractivity (Wildman–Crippen MR) is 133 cm³/mol. The molecule has 1 aliphatic carbocycles. The SMILES string of the molecule is COc1nc(N)nc2c1ncn2[C@H]1C=C[C@@H](COP(=O)(Oc2ccc(Cl)cc2)N(C)[C@@H](C)C(=O)O)C1. The highest BCUT2D eigenvalue weighted by atomic mass is 35.5. The van der Waals surface area contributed by atoms with Crippen molar-refractivity contribution in [2.45, 2.75) is 25.4 Å². The lowest BCUT2D eigenvalue weighted by Crippen LogP contribution is -2.35. The largest absolute Gasteiger partial charge is 0.480 e. The van der Waals surface area contributed by atoms with Gasteiger partial charge < -0.3 is 24.7 Å². The summed E-state index contributed by atoms with van der Waals surface area (Å²) in [6.07, 6.45) is 6.13. The molecule has 0 bridgehead atoms. The van der Waals surface area contributed by atoms with E-state index in [2.05, 4.69) is 15.0 Å². The number of benzene rings is 1. The minimum Gasteiger partial charge on any atom is -0.480 e. The van der Waals surface area contributed by atoms with Crippen LogP contribution in [0.15, 0.2) is 42.7 Å². The number of likely N-dealkylation sites (N-methyl/N-ethyl adjacent to an activating group) is 1. The number of methoxy groups -OCH3 is 1. The van der Waals surface area contributed by atoms with Gasteiger partial charge in [-0.05, 0) is 44.7 Å². The molecule has 4 atom stereocenters. The number of hydrogen-bond donors (Lipinski definition) is 2. The molecule has 0 saturated carbocycles. The van der Waals surface area contributed by atoms with E-state index in [-0.39, 0.29) is 36.1 Å². The number of carbonyl (C=O) groups is 1. The molecule has 2 aromatic heterocycles.